The molecular weight excluding hydrogens is 435 g/mol. The van der Waals surface area contributed by atoms with Crippen LogP contribution in [-0.2, 0) is 12.8 Å². The molecule has 2 aliphatic rings. The molecule has 0 aromatic heterocycles. The number of benzene rings is 2. The predicted octanol–water partition coefficient (Wildman–Crippen LogP) is 8.13. The molecule has 0 aliphatic heterocycles. The van der Waals surface area contributed by atoms with E-state index >= 15 is 0 Å². The molecule has 2 aromatic carbocycles. The summed E-state index contributed by atoms with van der Waals surface area (Å²) < 4.78 is 71.2. The van der Waals surface area contributed by atoms with E-state index in [1.807, 2.05) is 30.3 Å². The van der Waals surface area contributed by atoms with Gasteiger partial charge in [-0.05, 0) is 71.6 Å². The molecule has 2 atom stereocenters. The highest BCUT2D eigenvalue weighted by Gasteiger charge is 2.39. The van der Waals surface area contributed by atoms with Crippen LogP contribution >= 0.6 is 0 Å². The van der Waals surface area contributed by atoms with Gasteiger partial charge >= 0.3 is 6.36 Å². The molecule has 2 aliphatic carbocycles. The van der Waals surface area contributed by atoms with Gasteiger partial charge in [-0.2, -0.15) is 0 Å². The molecule has 0 heterocycles. The van der Waals surface area contributed by atoms with Crippen molar-refractivity contribution in [2.75, 3.05) is 0 Å². The highest BCUT2D eigenvalue weighted by atomic mass is 19.4. The zero-order valence-corrected chi connectivity index (χ0v) is 18.7. The molecule has 0 radical (unpaired) electrons. The number of halogens is 5. The van der Waals surface area contributed by atoms with Gasteiger partial charge in [-0.25, -0.2) is 8.78 Å². The Bertz CT molecular complexity index is 967. The van der Waals surface area contributed by atoms with Crippen LogP contribution < -0.4 is 4.74 Å². The number of rotatable bonds is 6. The maximum Gasteiger partial charge on any atom is 0.573 e. The average Bonchev–Trinajstić information content (AvgIpc) is 2.76. The van der Waals surface area contributed by atoms with Crippen LogP contribution in [0.4, 0.5) is 22.0 Å². The lowest BCUT2D eigenvalue weighted by atomic mass is 9.74. The summed E-state index contributed by atoms with van der Waals surface area (Å²) in [6.45, 7) is 2.09. The van der Waals surface area contributed by atoms with Crippen LogP contribution in [0.3, 0.4) is 0 Å². The van der Waals surface area contributed by atoms with Gasteiger partial charge in [-0.3, -0.25) is 0 Å². The number of unbranched alkanes of at least 4 members (excludes halogenated alkanes) is 1. The normalized spacial score (nSPS) is 25.3. The maximum absolute atomic E-state index is 14.9. The number of ether oxygens (including phenoxy) is 1. The Hall–Kier alpha value is -2.37. The van der Waals surface area contributed by atoms with Crippen molar-refractivity contribution < 1.29 is 26.7 Å². The first kappa shape index (κ1) is 23.8. The van der Waals surface area contributed by atoms with Gasteiger partial charge in [0.25, 0.3) is 0 Å². The van der Waals surface area contributed by atoms with Crippen LogP contribution in [0.2, 0.25) is 0 Å². The van der Waals surface area contributed by atoms with E-state index in [4.69, 9.17) is 0 Å². The largest absolute Gasteiger partial charge is 0.573 e. The van der Waals surface area contributed by atoms with Gasteiger partial charge in [0.1, 0.15) is 18.1 Å². The van der Waals surface area contributed by atoms with E-state index in [9.17, 15) is 22.0 Å². The second-order valence-corrected chi connectivity index (χ2v) is 9.25. The standard InChI is InChI=1S/C27H29F5O/c1-2-3-4-17-13-24(28)26(25(29)14-17)19-7-5-18(6-8-19)20-9-10-22-16-23(33-27(30,31)32)12-11-21(22)15-20/h5-9,11-12,16-17,24-26H,2-4,10,13-15H2,1H3. The van der Waals surface area contributed by atoms with Gasteiger partial charge in [0.05, 0.1) is 0 Å². The summed E-state index contributed by atoms with van der Waals surface area (Å²) in [5, 5.41) is 0. The van der Waals surface area contributed by atoms with E-state index in [0.29, 0.717) is 31.2 Å². The number of fused-ring (bicyclic) bond motifs is 1. The van der Waals surface area contributed by atoms with Crippen LogP contribution in [0, 0.1) is 5.92 Å². The maximum atomic E-state index is 14.9. The Morgan fingerprint density at radius 2 is 1.64 bits per heavy atom. The van der Waals surface area contributed by atoms with Crippen molar-refractivity contribution in [2.45, 2.75) is 76.5 Å². The second-order valence-electron chi connectivity index (χ2n) is 9.25. The Balaban J connectivity index is 1.43. The van der Waals surface area contributed by atoms with Crippen molar-refractivity contribution in [1.29, 1.82) is 0 Å². The van der Waals surface area contributed by atoms with Crippen molar-refractivity contribution in [3.63, 3.8) is 0 Å². The average molecular weight is 465 g/mol. The van der Waals surface area contributed by atoms with Crippen molar-refractivity contribution in [1.82, 2.24) is 0 Å². The summed E-state index contributed by atoms with van der Waals surface area (Å²) in [5.41, 5.74) is 4.46. The molecule has 0 spiro atoms. The van der Waals surface area contributed by atoms with E-state index < -0.39 is 24.6 Å². The lowest BCUT2D eigenvalue weighted by molar-refractivity contribution is -0.274. The number of hydrogen-bond donors (Lipinski definition) is 0. The summed E-state index contributed by atoms with van der Waals surface area (Å²) in [5.74, 6) is -0.807. The molecule has 2 aromatic rings. The third kappa shape index (κ3) is 5.77. The third-order valence-electron chi connectivity index (χ3n) is 6.89. The molecule has 1 saturated carbocycles. The number of hydrogen-bond acceptors (Lipinski definition) is 1. The van der Waals surface area contributed by atoms with Crippen LogP contribution in [0.5, 0.6) is 5.75 Å². The predicted molar refractivity (Wildman–Crippen MR) is 120 cm³/mol. The van der Waals surface area contributed by atoms with E-state index in [0.717, 1.165) is 41.5 Å². The van der Waals surface area contributed by atoms with Crippen LogP contribution in [0.15, 0.2) is 48.5 Å². The molecule has 0 amide bonds. The van der Waals surface area contributed by atoms with Gasteiger partial charge in [-0.1, -0.05) is 62.6 Å². The summed E-state index contributed by atoms with van der Waals surface area (Å²) >= 11 is 0. The number of alkyl halides is 5. The lowest BCUT2D eigenvalue weighted by Gasteiger charge is -2.35. The molecule has 0 saturated heterocycles. The molecule has 2 unspecified atom stereocenters. The smallest absolute Gasteiger partial charge is 0.406 e. The zero-order chi connectivity index (χ0) is 23.6. The first-order valence-corrected chi connectivity index (χ1v) is 11.7. The fraction of sp³-hybridized carbons (Fsp3) is 0.481. The van der Waals surface area contributed by atoms with Crippen LogP contribution in [0.25, 0.3) is 5.57 Å². The Morgan fingerprint density at radius 1 is 0.939 bits per heavy atom. The van der Waals surface area contributed by atoms with Crippen molar-refractivity contribution in [2.24, 2.45) is 5.92 Å². The first-order valence-electron chi connectivity index (χ1n) is 11.7. The van der Waals surface area contributed by atoms with E-state index in [2.05, 4.69) is 11.7 Å². The monoisotopic (exact) mass is 464 g/mol. The fourth-order valence-corrected chi connectivity index (χ4v) is 5.21. The van der Waals surface area contributed by atoms with Gasteiger partial charge < -0.3 is 4.74 Å². The summed E-state index contributed by atoms with van der Waals surface area (Å²) in [6.07, 6.45) is -0.182. The SMILES string of the molecule is CCCCC1CC(F)C(c2ccc(C3=CCc4cc(OC(F)(F)F)ccc4C3)cc2)C(F)C1. The van der Waals surface area contributed by atoms with Crippen molar-refractivity contribution in [3.8, 4) is 5.75 Å². The third-order valence-corrected chi connectivity index (χ3v) is 6.89. The molecule has 0 bridgehead atoms. The van der Waals surface area contributed by atoms with Gasteiger partial charge in [-0.15, -0.1) is 13.2 Å². The second kappa shape index (κ2) is 9.86. The highest BCUT2D eigenvalue weighted by molar-refractivity contribution is 5.71. The molecule has 1 fully saturated rings. The van der Waals surface area contributed by atoms with Gasteiger partial charge in [0.2, 0.25) is 0 Å². The minimum Gasteiger partial charge on any atom is -0.406 e. The molecule has 33 heavy (non-hydrogen) atoms. The van der Waals surface area contributed by atoms with Gasteiger partial charge in [0, 0.05) is 5.92 Å². The topological polar surface area (TPSA) is 9.23 Å². The summed E-state index contributed by atoms with van der Waals surface area (Å²) in [7, 11) is 0. The molecule has 6 heteroatoms. The first-order chi connectivity index (χ1) is 15.7. The van der Waals surface area contributed by atoms with Crippen LogP contribution in [0.1, 0.15) is 67.2 Å². The minimum absolute atomic E-state index is 0.125. The Kier molecular flexibility index (Phi) is 7.10. The fourth-order valence-electron chi connectivity index (χ4n) is 5.21. The zero-order valence-electron chi connectivity index (χ0n) is 18.7. The van der Waals surface area contributed by atoms with Gasteiger partial charge in [0.15, 0.2) is 0 Å². The van der Waals surface area contributed by atoms with Crippen molar-refractivity contribution in [3.05, 3.63) is 70.8 Å². The molecule has 4 rings (SSSR count). The summed E-state index contributed by atoms with van der Waals surface area (Å²) in [4.78, 5) is 0. The Morgan fingerprint density at radius 3 is 2.27 bits per heavy atom. The number of allylic oxidation sites excluding steroid dienone is 2. The molecule has 178 valence electrons. The lowest BCUT2D eigenvalue weighted by Crippen LogP contribution is -2.33. The Labute approximate surface area is 191 Å². The molecular formula is C27H29F5O. The quantitative estimate of drug-likeness (QED) is 0.392. The minimum atomic E-state index is -4.71. The van der Waals surface area contributed by atoms with Crippen LogP contribution in [-0.4, -0.2) is 18.7 Å². The van der Waals surface area contributed by atoms with E-state index in [1.165, 1.54) is 12.1 Å². The molecule has 1 nitrogen and oxygen atoms in total. The molecule has 0 N–H and O–H groups in total. The van der Waals surface area contributed by atoms with E-state index in [1.54, 1.807) is 6.07 Å². The van der Waals surface area contributed by atoms with E-state index in [-0.39, 0.29) is 11.7 Å². The highest BCUT2D eigenvalue weighted by Crippen LogP contribution is 2.42. The summed E-state index contributed by atoms with van der Waals surface area (Å²) in [6, 6.07) is 11.9. The van der Waals surface area contributed by atoms with Crippen molar-refractivity contribution >= 4 is 5.57 Å².